The Bertz CT molecular complexity index is 715. The van der Waals surface area contributed by atoms with Crippen molar-refractivity contribution in [1.82, 2.24) is 14.3 Å². The Hall–Kier alpha value is -1.62. The first kappa shape index (κ1) is 15.3. The molecule has 0 bridgehead atoms. The molecule has 0 amide bonds. The number of ether oxygens (including phenoxy) is 1. The monoisotopic (exact) mass is 317 g/mol. The van der Waals surface area contributed by atoms with Crippen LogP contribution in [0.4, 0.5) is 0 Å². The van der Waals surface area contributed by atoms with Crippen molar-refractivity contribution in [2.45, 2.75) is 45.8 Å². The molecule has 0 saturated heterocycles. The summed E-state index contributed by atoms with van der Waals surface area (Å²) in [5.41, 5.74) is 2.42. The highest BCUT2D eigenvalue weighted by atomic mass is 32.1. The van der Waals surface area contributed by atoms with Crippen molar-refractivity contribution in [2.75, 3.05) is 0 Å². The lowest BCUT2D eigenvalue weighted by molar-refractivity contribution is 0.101. The van der Waals surface area contributed by atoms with Crippen LogP contribution >= 0.6 is 12.2 Å². The van der Waals surface area contributed by atoms with E-state index in [9.17, 15) is 0 Å². The molecular weight excluding hydrogens is 294 g/mol. The second-order valence-electron chi connectivity index (χ2n) is 6.26. The van der Waals surface area contributed by atoms with Crippen LogP contribution in [0, 0.1) is 24.5 Å². The molecule has 0 radical (unpaired) electrons. The number of nitrogens with zero attached hydrogens (tertiary/aromatic N) is 3. The number of aromatic nitrogens is 3. The summed E-state index contributed by atoms with van der Waals surface area (Å²) < 4.78 is 10.7. The van der Waals surface area contributed by atoms with Gasteiger partial charge in [-0.3, -0.25) is 0 Å². The first-order valence-electron chi connectivity index (χ1n) is 7.89. The summed E-state index contributed by atoms with van der Waals surface area (Å²) in [5.74, 6) is 1.79. The molecule has 4 nitrogen and oxygen atoms in total. The Morgan fingerprint density at radius 1 is 1.36 bits per heavy atom. The maximum Gasteiger partial charge on any atom is 0.200 e. The van der Waals surface area contributed by atoms with Gasteiger partial charge in [-0.25, -0.2) is 0 Å². The fraction of sp³-hybridized carbons (Fsp3) is 0.529. The lowest BCUT2D eigenvalue weighted by atomic mass is 10.1. The van der Waals surface area contributed by atoms with Gasteiger partial charge in [0.25, 0.3) is 0 Å². The molecule has 1 aromatic carbocycles. The first-order valence-corrected chi connectivity index (χ1v) is 8.30. The van der Waals surface area contributed by atoms with E-state index in [1.807, 2.05) is 28.4 Å². The van der Waals surface area contributed by atoms with Crippen LogP contribution in [0.5, 0.6) is 5.75 Å². The summed E-state index contributed by atoms with van der Waals surface area (Å²) in [4.78, 5) is 0. The maximum atomic E-state index is 6.30. The number of hydrogen-bond donors (Lipinski definition) is 0. The van der Waals surface area contributed by atoms with Gasteiger partial charge in [-0.2, -0.15) is 9.78 Å². The topological polar surface area (TPSA) is 32.0 Å². The maximum absolute atomic E-state index is 6.30. The third kappa shape index (κ3) is 3.24. The van der Waals surface area contributed by atoms with Gasteiger partial charge in [-0.1, -0.05) is 25.0 Å². The van der Waals surface area contributed by atoms with Gasteiger partial charge in [0.2, 0.25) is 4.77 Å². The zero-order valence-electron chi connectivity index (χ0n) is 13.5. The minimum Gasteiger partial charge on any atom is -0.468 e. The van der Waals surface area contributed by atoms with Crippen LogP contribution in [0.3, 0.4) is 0 Å². The quantitative estimate of drug-likeness (QED) is 0.743. The zero-order chi connectivity index (χ0) is 15.7. The predicted molar refractivity (Wildman–Crippen MR) is 89.6 cm³/mol. The molecule has 0 aliphatic heterocycles. The summed E-state index contributed by atoms with van der Waals surface area (Å²) in [6, 6.07) is 6.17. The van der Waals surface area contributed by atoms with Crippen molar-refractivity contribution in [2.24, 2.45) is 13.0 Å². The molecule has 1 aliphatic rings. The third-order valence-corrected chi connectivity index (χ3v) is 4.93. The highest BCUT2D eigenvalue weighted by Gasteiger charge is 2.25. The summed E-state index contributed by atoms with van der Waals surface area (Å²) in [6.07, 6.45) is 6.44. The van der Waals surface area contributed by atoms with Gasteiger partial charge >= 0.3 is 0 Å². The standard InChI is InChI=1S/C17H23N3OS/c1-12-5-4-6-15(13(12)2)21-16(10-9-14-7-8-14)20-17(22)19(3)11-18-20/h4-6,11,14,16H,7-10H2,1-3H3. The smallest absolute Gasteiger partial charge is 0.200 e. The lowest BCUT2D eigenvalue weighted by Crippen LogP contribution is -2.18. The van der Waals surface area contributed by atoms with Crippen molar-refractivity contribution in [1.29, 1.82) is 0 Å². The van der Waals surface area contributed by atoms with Crippen molar-refractivity contribution in [3.63, 3.8) is 0 Å². The Balaban J connectivity index is 1.85. The first-order chi connectivity index (χ1) is 10.6. The largest absolute Gasteiger partial charge is 0.468 e. The van der Waals surface area contributed by atoms with Crippen molar-refractivity contribution < 1.29 is 4.74 Å². The van der Waals surface area contributed by atoms with Crippen LogP contribution < -0.4 is 4.74 Å². The molecule has 22 heavy (non-hydrogen) atoms. The summed E-state index contributed by atoms with van der Waals surface area (Å²) in [7, 11) is 1.92. The van der Waals surface area contributed by atoms with Crippen LogP contribution in [0.25, 0.3) is 0 Å². The fourth-order valence-corrected chi connectivity index (χ4v) is 2.82. The molecule has 1 aliphatic carbocycles. The van der Waals surface area contributed by atoms with E-state index < -0.39 is 0 Å². The van der Waals surface area contributed by atoms with E-state index in [-0.39, 0.29) is 6.23 Å². The Kier molecular flexibility index (Phi) is 4.34. The zero-order valence-corrected chi connectivity index (χ0v) is 14.3. The molecule has 1 fully saturated rings. The minimum absolute atomic E-state index is 0.130. The molecule has 118 valence electrons. The molecule has 1 unspecified atom stereocenters. The van der Waals surface area contributed by atoms with E-state index >= 15 is 0 Å². The third-order valence-electron chi connectivity index (χ3n) is 4.46. The number of rotatable bonds is 6. The molecule has 3 rings (SSSR count). The molecule has 0 spiro atoms. The summed E-state index contributed by atoms with van der Waals surface area (Å²) >= 11 is 5.46. The van der Waals surface area contributed by atoms with Crippen LogP contribution in [0.2, 0.25) is 0 Å². The van der Waals surface area contributed by atoms with Gasteiger partial charge in [0.05, 0.1) is 0 Å². The van der Waals surface area contributed by atoms with E-state index in [0.29, 0.717) is 4.77 Å². The number of hydrogen-bond acceptors (Lipinski definition) is 3. The summed E-state index contributed by atoms with van der Waals surface area (Å²) in [6.45, 7) is 4.20. The second kappa shape index (κ2) is 6.24. The van der Waals surface area contributed by atoms with Crippen molar-refractivity contribution >= 4 is 12.2 Å². The van der Waals surface area contributed by atoms with Crippen molar-refractivity contribution in [3.05, 3.63) is 40.4 Å². The Morgan fingerprint density at radius 2 is 2.14 bits per heavy atom. The molecule has 2 aromatic rings. The number of aryl methyl sites for hydroxylation is 2. The normalized spacial score (nSPS) is 15.8. The van der Waals surface area contributed by atoms with Gasteiger partial charge in [-0.15, -0.1) is 0 Å². The van der Waals surface area contributed by atoms with Gasteiger partial charge in [0.15, 0.2) is 6.23 Å². The van der Waals surface area contributed by atoms with Gasteiger partial charge in [0, 0.05) is 13.5 Å². The van der Waals surface area contributed by atoms with Crippen LogP contribution in [-0.2, 0) is 7.05 Å². The molecule has 1 saturated carbocycles. The van der Waals surface area contributed by atoms with Gasteiger partial charge in [0.1, 0.15) is 12.1 Å². The molecule has 5 heteroatoms. The highest BCUT2D eigenvalue weighted by Crippen LogP contribution is 2.36. The Morgan fingerprint density at radius 3 is 2.77 bits per heavy atom. The average Bonchev–Trinajstić information content (AvgIpc) is 3.27. The second-order valence-corrected chi connectivity index (χ2v) is 6.63. The minimum atomic E-state index is -0.130. The number of benzene rings is 1. The molecule has 0 N–H and O–H groups in total. The molecule has 1 heterocycles. The Labute approximate surface area is 136 Å². The fourth-order valence-electron chi connectivity index (χ4n) is 2.61. The molecular formula is C17H23N3OS. The van der Waals surface area contributed by atoms with Crippen LogP contribution in [0.1, 0.15) is 43.0 Å². The van der Waals surface area contributed by atoms with Crippen molar-refractivity contribution in [3.8, 4) is 5.75 Å². The SMILES string of the molecule is Cc1cccc(OC(CCC2CC2)n2ncn(C)c2=S)c1C. The molecule has 1 aromatic heterocycles. The summed E-state index contributed by atoms with van der Waals surface area (Å²) in [5, 5.41) is 4.41. The van der Waals surface area contributed by atoms with E-state index in [1.54, 1.807) is 6.33 Å². The van der Waals surface area contributed by atoms with Gasteiger partial charge < -0.3 is 9.30 Å². The van der Waals surface area contributed by atoms with Gasteiger partial charge in [-0.05, 0) is 55.6 Å². The van der Waals surface area contributed by atoms with E-state index in [0.717, 1.165) is 18.1 Å². The van der Waals surface area contributed by atoms with E-state index in [4.69, 9.17) is 17.0 Å². The molecule has 1 atom stereocenters. The van der Waals surface area contributed by atoms with E-state index in [1.165, 1.54) is 30.4 Å². The highest BCUT2D eigenvalue weighted by molar-refractivity contribution is 7.71. The predicted octanol–water partition coefficient (Wildman–Crippen LogP) is 4.34. The van der Waals surface area contributed by atoms with E-state index in [2.05, 4.69) is 25.0 Å². The lowest BCUT2D eigenvalue weighted by Gasteiger charge is -2.21. The van der Waals surface area contributed by atoms with Crippen LogP contribution in [0.15, 0.2) is 24.5 Å². The average molecular weight is 317 g/mol. The van der Waals surface area contributed by atoms with Crippen LogP contribution in [-0.4, -0.2) is 14.3 Å².